The van der Waals surface area contributed by atoms with E-state index in [4.69, 9.17) is 17.3 Å². The monoisotopic (exact) mass is 576 g/mol. The van der Waals surface area contributed by atoms with Crippen LogP contribution in [0.15, 0.2) is 53.3 Å². The minimum atomic E-state index is -3.75. The number of aromatic nitrogens is 4. The van der Waals surface area contributed by atoms with Gasteiger partial charge < -0.3 is 5.73 Å². The molecule has 0 amide bonds. The number of nitrogens with zero attached hydrogens (tertiary/aromatic N) is 4. The van der Waals surface area contributed by atoms with Gasteiger partial charge in [-0.3, -0.25) is 18.8 Å². The van der Waals surface area contributed by atoms with Crippen LogP contribution in [0, 0.1) is 17.5 Å². The third-order valence-corrected chi connectivity index (χ3v) is 6.90. The molecule has 5 rings (SSSR count). The van der Waals surface area contributed by atoms with Crippen molar-refractivity contribution >= 4 is 49.2 Å². The van der Waals surface area contributed by atoms with Crippen molar-refractivity contribution < 1.29 is 21.6 Å². The zero-order valence-corrected chi connectivity index (χ0v) is 22.0. The minimum absolute atomic E-state index is 0.0294. The summed E-state index contributed by atoms with van der Waals surface area (Å²) in [4.78, 5) is 18.3. The zero-order chi connectivity index (χ0) is 28.2. The highest BCUT2D eigenvalue weighted by Gasteiger charge is 2.25. The molecule has 0 aliphatic carbocycles. The lowest BCUT2D eigenvalue weighted by Gasteiger charge is -2.20. The molecule has 0 radical (unpaired) electrons. The summed E-state index contributed by atoms with van der Waals surface area (Å²) in [7, 11) is -2.25. The number of fused-ring (bicyclic) bond motifs is 2. The largest absolute Gasteiger partial charge is 0.321 e. The Morgan fingerprint density at radius 1 is 1.08 bits per heavy atom. The average molecular weight is 577 g/mol. The van der Waals surface area contributed by atoms with Crippen LogP contribution in [-0.4, -0.2) is 34.0 Å². The first-order valence-electron chi connectivity index (χ1n) is 11.4. The lowest BCUT2D eigenvalue weighted by atomic mass is 10.0. The highest BCUT2D eigenvalue weighted by Crippen LogP contribution is 2.35. The van der Waals surface area contributed by atoms with E-state index in [0.29, 0.717) is 0 Å². The van der Waals surface area contributed by atoms with Crippen molar-refractivity contribution in [3.05, 3.63) is 92.7 Å². The van der Waals surface area contributed by atoms with Gasteiger partial charge in [-0.25, -0.2) is 26.6 Å². The van der Waals surface area contributed by atoms with Gasteiger partial charge in [-0.05, 0) is 48.4 Å². The maximum absolute atomic E-state index is 14.9. The molecule has 0 spiro atoms. The zero-order valence-electron chi connectivity index (χ0n) is 20.4. The summed E-state index contributed by atoms with van der Waals surface area (Å²) in [6.45, 7) is 0. The van der Waals surface area contributed by atoms with Gasteiger partial charge in [-0.2, -0.15) is 5.10 Å². The van der Waals surface area contributed by atoms with Crippen LogP contribution < -0.4 is 16.0 Å². The fourth-order valence-electron chi connectivity index (χ4n) is 4.55. The first-order valence-corrected chi connectivity index (χ1v) is 13.7. The van der Waals surface area contributed by atoms with Crippen LogP contribution in [-0.2, 0) is 23.5 Å². The van der Waals surface area contributed by atoms with Crippen LogP contribution in [0.2, 0.25) is 5.02 Å². The minimum Gasteiger partial charge on any atom is -0.321 e. The van der Waals surface area contributed by atoms with Crippen molar-refractivity contribution in [3.8, 4) is 5.69 Å². The Balaban J connectivity index is 1.82. The van der Waals surface area contributed by atoms with Crippen molar-refractivity contribution in [1.29, 1.82) is 0 Å². The van der Waals surface area contributed by atoms with E-state index in [-0.39, 0.29) is 56.1 Å². The number of aryl methyl sites for hydroxylation is 1. The second-order valence-electron chi connectivity index (χ2n) is 8.97. The molecular weight excluding hydrogens is 557 g/mol. The topological polar surface area (TPSA) is 125 Å². The second kappa shape index (κ2) is 9.67. The van der Waals surface area contributed by atoms with E-state index in [1.165, 1.54) is 36.0 Å². The van der Waals surface area contributed by atoms with Crippen LogP contribution in [0.1, 0.15) is 17.4 Å². The van der Waals surface area contributed by atoms with Gasteiger partial charge in [0.1, 0.15) is 28.7 Å². The van der Waals surface area contributed by atoms with E-state index >= 15 is 0 Å². The average Bonchev–Trinajstić information content (AvgIpc) is 3.14. The molecule has 3 aromatic carbocycles. The predicted molar refractivity (Wildman–Crippen MR) is 142 cm³/mol. The van der Waals surface area contributed by atoms with E-state index in [1.54, 1.807) is 0 Å². The number of benzene rings is 3. The number of halogens is 4. The molecule has 5 aromatic rings. The quantitative estimate of drug-likeness (QED) is 0.315. The third kappa shape index (κ3) is 4.95. The lowest BCUT2D eigenvalue weighted by molar-refractivity contribution is 0.572. The molecule has 0 saturated heterocycles. The first-order chi connectivity index (χ1) is 18.3. The molecule has 14 heteroatoms. The highest BCUT2D eigenvalue weighted by molar-refractivity contribution is 7.92. The van der Waals surface area contributed by atoms with E-state index in [0.717, 1.165) is 35.1 Å². The standard InChI is InChI=1S/C25H20ClF3N6O3S/c1-34-22-19(7-6-15(26)20(22)23(32-34)33-39(2,37)38)35-24(17(30)10-12-8-13(27)11-14(28)9-12)31-18-5-3-4-16(29)21(18)25(35)36/h3-9,11,17H,10,30H2,1-2H3,(H,32,33)/t17-/m0/s1. The maximum Gasteiger partial charge on any atom is 0.269 e. The van der Waals surface area contributed by atoms with Crippen LogP contribution >= 0.6 is 11.6 Å². The molecule has 0 unspecified atom stereocenters. The fourth-order valence-corrected chi connectivity index (χ4v) is 5.28. The van der Waals surface area contributed by atoms with Gasteiger partial charge in [0.2, 0.25) is 10.0 Å². The molecule has 3 N–H and O–H groups in total. The highest BCUT2D eigenvalue weighted by atomic mass is 35.5. The molecular formula is C25H20ClF3N6O3S. The summed E-state index contributed by atoms with van der Waals surface area (Å²) in [5.41, 5.74) is 6.24. The van der Waals surface area contributed by atoms with Crippen LogP contribution in [0.3, 0.4) is 0 Å². The van der Waals surface area contributed by atoms with Crippen LogP contribution in [0.4, 0.5) is 19.0 Å². The van der Waals surface area contributed by atoms with E-state index in [1.807, 2.05) is 0 Å². The number of rotatable bonds is 6. The number of hydrogen-bond acceptors (Lipinski definition) is 6. The van der Waals surface area contributed by atoms with Gasteiger partial charge in [-0.1, -0.05) is 17.7 Å². The summed E-state index contributed by atoms with van der Waals surface area (Å²) in [5, 5.41) is 4.20. The number of nitrogens with two attached hydrogens (primary N) is 1. The van der Waals surface area contributed by atoms with Crippen molar-refractivity contribution in [2.45, 2.75) is 12.5 Å². The number of hydrogen-bond donors (Lipinski definition) is 2. The molecule has 1 atom stereocenters. The SMILES string of the molecule is Cn1nc(NS(C)(=O)=O)c2c(Cl)ccc(-n3c([C@@H](N)Cc4cc(F)cc(F)c4)nc4cccc(F)c4c3=O)c21. The van der Waals surface area contributed by atoms with E-state index in [2.05, 4.69) is 14.8 Å². The molecule has 202 valence electrons. The number of anilines is 1. The second-order valence-corrected chi connectivity index (χ2v) is 11.1. The molecule has 0 aliphatic heterocycles. The lowest BCUT2D eigenvalue weighted by Crippen LogP contribution is -2.30. The Kier molecular flexibility index (Phi) is 6.61. The van der Waals surface area contributed by atoms with Gasteiger partial charge >= 0.3 is 0 Å². The van der Waals surface area contributed by atoms with Crippen LogP contribution in [0.5, 0.6) is 0 Å². The molecule has 9 nitrogen and oxygen atoms in total. The first kappa shape index (κ1) is 26.7. The Morgan fingerprint density at radius 3 is 2.44 bits per heavy atom. The maximum atomic E-state index is 14.9. The molecule has 2 aromatic heterocycles. The number of nitrogens with one attached hydrogen (secondary N) is 1. The Bertz CT molecular complexity index is 1940. The summed E-state index contributed by atoms with van der Waals surface area (Å²) in [5.74, 6) is -2.55. The molecule has 0 fully saturated rings. The van der Waals surface area contributed by atoms with Gasteiger partial charge in [0.25, 0.3) is 5.56 Å². The third-order valence-electron chi connectivity index (χ3n) is 6.02. The van der Waals surface area contributed by atoms with E-state index < -0.39 is 39.1 Å². The molecule has 39 heavy (non-hydrogen) atoms. The van der Waals surface area contributed by atoms with Gasteiger partial charge in [0, 0.05) is 13.1 Å². The molecule has 0 saturated carbocycles. The molecule has 0 aliphatic rings. The van der Waals surface area contributed by atoms with Crippen molar-refractivity contribution in [1.82, 2.24) is 19.3 Å². The van der Waals surface area contributed by atoms with Gasteiger partial charge in [-0.15, -0.1) is 0 Å². The van der Waals surface area contributed by atoms with Gasteiger partial charge in [0.05, 0.1) is 39.4 Å². The number of sulfonamides is 1. The van der Waals surface area contributed by atoms with Crippen molar-refractivity contribution in [2.24, 2.45) is 12.8 Å². The van der Waals surface area contributed by atoms with Crippen molar-refractivity contribution in [2.75, 3.05) is 11.0 Å². The normalized spacial score (nSPS) is 12.8. The summed E-state index contributed by atoms with van der Waals surface area (Å²) in [6.07, 6.45) is 0.823. The van der Waals surface area contributed by atoms with Gasteiger partial charge in [0.15, 0.2) is 5.82 Å². The van der Waals surface area contributed by atoms with Crippen molar-refractivity contribution in [3.63, 3.8) is 0 Å². The molecule has 0 bridgehead atoms. The molecule has 2 heterocycles. The van der Waals surface area contributed by atoms with E-state index in [9.17, 15) is 26.4 Å². The summed E-state index contributed by atoms with van der Waals surface area (Å²) < 4.78 is 71.1. The summed E-state index contributed by atoms with van der Waals surface area (Å²) in [6, 6.07) is 8.67. The summed E-state index contributed by atoms with van der Waals surface area (Å²) >= 11 is 6.42. The predicted octanol–water partition coefficient (Wildman–Crippen LogP) is 3.96. The smallest absolute Gasteiger partial charge is 0.269 e. The Morgan fingerprint density at radius 2 is 1.77 bits per heavy atom. The van der Waals surface area contributed by atoms with Crippen LogP contribution in [0.25, 0.3) is 27.5 Å². The Hall–Kier alpha value is -3.94. The Labute approximate surface area is 224 Å². The fraction of sp³-hybridized carbons (Fsp3) is 0.160.